The first kappa shape index (κ1) is 15.8. The number of carbonyl (C=O) groups excluding carboxylic acids is 1. The minimum Gasteiger partial charge on any atom is -0.384 e. The molecule has 1 fully saturated rings. The monoisotopic (exact) mass is 290 g/mol. The Morgan fingerprint density at radius 1 is 1.33 bits per heavy atom. The van der Waals surface area contributed by atoms with Gasteiger partial charge >= 0.3 is 0 Å². The summed E-state index contributed by atoms with van der Waals surface area (Å²) in [6.07, 6.45) is 1.84. The van der Waals surface area contributed by atoms with E-state index in [1.54, 1.807) is 6.07 Å². The van der Waals surface area contributed by atoms with E-state index in [1.807, 2.05) is 11.0 Å². The van der Waals surface area contributed by atoms with E-state index in [0.29, 0.717) is 23.5 Å². The molecule has 0 bridgehead atoms. The Balaban J connectivity index is 2.20. The largest absolute Gasteiger partial charge is 0.384 e. The van der Waals surface area contributed by atoms with E-state index in [9.17, 15) is 4.79 Å². The van der Waals surface area contributed by atoms with Gasteiger partial charge < -0.3 is 10.6 Å². The fraction of sp³-hybridized carbons (Fsp3) is 0.625. The number of amides is 1. The molecule has 2 atom stereocenters. The highest BCUT2D eigenvalue weighted by molar-refractivity contribution is 5.95. The Hall–Kier alpha value is -1.62. The number of aryl methyl sites for hydroxylation is 1. The van der Waals surface area contributed by atoms with E-state index in [1.165, 1.54) is 0 Å². The molecule has 116 valence electrons. The van der Waals surface area contributed by atoms with Crippen LogP contribution in [0.1, 0.15) is 43.2 Å². The summed E-state index contributed by atoms with van der Waals surface area (Å²) in [5.74, 6) is 0.493. The molecule has 21 heavy (non-hydrogen) atoms. The highest BCUT2D eigenvalue weighted by Crippen LogP contribution is 2.18. The number of hydrogen-bond donors (Lipinski definition) is 1. The number of piperazine rings is 1. The van der Waals surface area contributed by atoms with Crippen LogP contribution in [0.2, 0.25) is 0 Å². The number of pyridine rings is 1. The highest BCUT2D eigenvalue weighted by atomic mass is 16.2. The Morgan fingerprint density at radius 3 is 2.52 bits per heavy atom. The van der Waals surface area contributed by atoms with Gasteiger partial charge in [0.1, 0.15) is 5.82 Å². The van der Waals surface area contributed by atoms with Gasteiger partial charge in [0.15, 0.2) is 0 Å². The third kappa shape index (κ3) is 3.53. The molecule has 2 N–H and O–H groups in total. The molecule has 1 saturated heterocycles. The number of hydrogen-bond acceptors (Lipinski definition) is 4. The average molecular weight is 290 g/mol. The normalized spacial score (nSPS) is 23.3. The van der Waals surface area contributed by atoms with Crippen molar-refractivity contribution < 1.29 is 4.79 Å². The van der Waals surface area contributed by atoms with Crippen molar-refractivity contribution in [1.29, 1.82) is 0 Å². The van der Waals surface area contributed by atoms with Crippen LogP contribution in [0.25, 0.3) is 0 Å². The number of nitrogen functional groups attached to an aromatic ring is 1. The number of likely N-dealkylation sites (N-methyl/N-ethyl adjacent to an activating group) is 1. The van der Waals surface area contributed by atoms with Gasteiger partial charge in [0.05, 0.1) is 0 Å². The minimum atomic E-state index is 0.0632. The van der Waals surface area contributed by atoms with E-state index in [4.69, 9.17) is 5.73 Å². The van der Waals surface area contributed by atoms with Crippen molar-refractivity contribution in [3.05, 3.63) is 23.4 Å². The molecule has 0 aliphatic carbocycles. The van der Waals surface area contributed by atoms with Crippen molar-refractivity contribution in [2.75, 3.05) is 25.9 Å². The lowest BCUT2D eigenvalue weighted by Gasteiger charge is -2.42. The quantitative estimate of drug-likeness (QED) is 0.921. The van der Waals surface area contributed by atoms with Crippen molar-refractivity contribution in [3.8, 4) is 0 Å². The third-order valence-electron chi connectivity index (χ3n) is 4.30. The standard InChI is InChI=1S/C16H26N4O/c1-5-6-14-7-13(8-15(17)18-14)16(21)20-9-11(2)19(4)12(3)10-20/h7-8,11-12H,5-6,9-10H2,1-4H3,(H2,17,18). The average Bonchev–Trinajstić information content (AvgIpc) is 2.43. The number of anilines is 1. The molecule has 1 aliphatic heterocycles. The predicted octanol–water partition coefficient (Wildman–Crippen LogP) is 1.78. The van der Waals surface area contributed by atoms with Crippen LogP contribution < -0.4 is 5.73 Å². The molecule has 2 heterocycles. The van der Waals surface area contributed by atoms with Gasteiger partial charge in [-0.1, -0.05) is 13.3 Å². The molecule has 2 unspecified atom stereocenters. The number of rotatable bonds is 3. The summed E-state index contributed by atoms with van der Waals surface area (Å²) in [6, 6.07) is 4.31. The van der Waals surface area contributed by atoms with Crippen LogP contribution in [0.4, 0.5) is 5.82 Å². The zero-order chi connectivity index (χ0) is 15.6. The smallest absolute Gasteiger partial charge is 0.254 e. The Morgan fingerprint density at radius 2 is 1.95 bits per heavy atom. The van der Waals surface area contributed by atoms with Crippen LogP contribution in [0.5, 0.6) is 0 Å². The van der Waals surface area contributed by atoms with E-state index < -0.39 is 0 Å². The molecular weight excluding hydrogens is 264 g/mol. The zero-order valence-corrected chi connectivity index (χ0v) is 13.5. The maximum atomic E-state index is 12.7. The van der Waals surface area contributed by atoms with E-state index >= 15 is 0 Å². The summed E-state index contributed by atoms with van der Waals surface area (Å²) < 4.78 is 0. The van der Waals surface area contributed by atoms with Gasteiger partial charge in [-0.15, -0.1) is 0 Å². The maximum Gasteiger partial charge on any atom is 0.254 e. The molecule has 1 aromatic heterocycles. The van der Waals surface area contributed by atoms with E-state index in [-0.39, 0.29) is 5.91 Å². The predicted molar refractivity (Wildman–Crippen MR) is 85.2 cm³/mol. The number of nitrogens with zero attached hydrogens (tertiary/aromatic N) is 3. The molecule has 5 nitrogen and oxygen atoms in total. The summed E-state index contributed by atoms with van der Waals surface area (Å²) in [5.41, 5.74) is 7.40. The molecule has 1 amide bonds. The van der Waals surface area contributed by atoms with Crippen molar-refractivity contribution in [3.63, 3.8) is 0 Å². The van der Waals surface area contributed by atoms with Crippen LogP contribution in [-0.4, -0.2) is 52.9 Å². The lowest BCUT2D eigenvalue weighted by Crippen LogP contribution is -2.56. The van der Waals surface area contributed by atoms with Gasteiger partial charge in [0, 0.05) is 36.4 Å². The molecule has 1 aliphatic rings. The van der Waals surface area contributed by atoms with E-state index in [2.05, 4.69) is 37.7 Å². The molecule has 0 spiro atoms. The zero-order valence-electron chi connectivity index (χ0n) is 13.5. The SMILES string of the molecule is CCCc1cc(C(=O)N2CC(C)N(C)C(C)C2)cc(N)n1. The summed E-state index contributed by atoms with van der Waals surface area (Å²) in [7, 11) is 2.11. The molecule has 0 aromatic carbocycles. The van der Waals surface area contributed by atoms with Gasteiger partial charge in [-0.25, -0.2) is 4.98 Å². The van der Waals surface area contributed by atoms with Crippen LogP contribution in [-0.2, 0) is 6.42 Å². The number of aromatic nitrogens is 1. The highest BCUT2D eigenvalue weighted by Gasteiger charge is 2.30. The minimum absolute atomic E-state index is 0.0632. The number of nitrogens with two attached hydrogens (primary N) is 1. The second-order valence-electron chi connectivity index (χ2n) is 6.10. The molecule has 2 rings (SSSR count). The van der Waals surface area contributed by atoms with Gasteiger partial charge in [-0.2, -0.15) is 0 Å². The maximum absolute atomic E-state index is 12.7. The second kappa shape index (κ2) is 6.43. The summed E-state index contributed by atoms with van der Waals surface area (Å²) >= 11 is 0. The molecule has 0 saturated carbocycles. The molecule has 0 radical (unpaired) electrons. The van der Waals surface area contributed by atoms with Gasteiger partial charge in [-0.3, -0.25) is 9.69 Å². The van der Waals surface area contributed by atoms with Crippen LogP contribution >= 0.6 is 0 Å². The molecule has 1 aromatic rings. The first-order valence-electron chi connectivity index (χ1n) is 7.70. The fourth-order valence-electron chi connectivity index (χ4n) is 2.87. The lowest BCUT2D eigenvalue weighted by molar-refractivity contribution is 0.0414. The molecular formula is C16H26N4O. The number of carbonyl (C=O) groups is 1. The van der Waals surface area contributed by atoms with Gasteiger partial charge in [0.2, 0.25) is 0 Å². The Kier molecular flexibility index (Phi) is 4.83. The van der Waals surface area contributed by atoms with Crippen molar-refractivity contribution >= 4 is 11.7 Å². The van der Waals surface area contributed by atoms with Crippen molar-refractivity contribution in [1.82, 2.24) is 14.8 Å². The first-order valence-corrected chi connectivity index (χ1v) is 7.70. The van der Waals surface area contributed by atoms with Crippen LogP contribution in [0.3, 0.4) is 0 Å². The summed E-state index contributed by atoms with van der Waals surface area (Å²) in [5, 5.41) is 0. The Labute approximate surface area is 127 Å². The summed E-state index contributed by atoms with van der Waals surface area (Å²) in [4.78, 5) is 21.3. The van der Waals surface area contributed by atoms with Crippen molar-refractivity contribution in [2.45, 2.75) is 45.7 Å². The lowest BCUT2D eigenvalue weighted by atomic mass is 10.1. The van der Waals surface area contributed by atoms with E-state index in [0.717, 1.165) is 31.6 Å². The first-order chi connectivity index (χ1) is 9.92. The van der Waals surface area contributed by atoms with Crippen molar-refractivity contribution in [2.24, 2.45) is 0 Å². The van der Waals surface area contributed by atoms with Crippen LogP contribution in [0.15, 0.2) is 12.1 Å². The summed E-state index contributed by atoms with van der Waals surface area (Å²) in [6.45, 7) is 7.91. The van der Waals surface area contributed by atoms with Gasteiger partial charge in [-0.05, 0) is 39.4 Å². The fourth-order valence-corrected chi connectivity index (χ4v) is 2.87. The topological polar surface area (TPSA) is 62.5 Å². The third-order valence-corrected chi connectivity index (χ3v) is 4.30. The molecule has 5 heteroatoms. The second-order valence-corrected chi connectivity index (χ2v) is 6.10. The Bertz CT molecular complexity index is 505. The van der Waals surface area contributed by atoms with Crippen LogP contribution in [0, 0.1) is 0 Å². The van der Waals surface area contributed by atoms with Gasteiger partial charge in [0.25, 0.3) is 5.91 Å².